The third-order valence-corrected chi connectivity index (χ3v) is 4.03. The van der Waals surface area contributed by atoms with Gasteiger partial charge in [-0.1, -0.05) is 13.3 Å². The summed E-state index contributed by atoms with van der Waals surface area (Å²) in [7, 11) is 0. The van der Waals surface area contributed by atoms with Gasteiger partial charge < -0.3 is 4.90 Å². The van der Waals surface area contributed by atoms with Gasteiger partial charge in [0.05, 0.1) is 4.47 Å². The first kappa shape index (κ1) is 11.9. The maximum Gasteiger partial charge on any atom is 0.142 e. The van der Waals surface area contributed by atoms with E-state index in [1.165, 1.54) is 24.8 Å². The van der Waals surface area contributed by atoms with Gasteiger partial charge in [0.2, 0.25) is 0 Å². The number of halogens is 1. The second kappa shape index (κ2) is 5.17. The van der Waals surface area contributed by atoms with Crippen LogP contribution in [0.5, 0.6) is 0 Å². The van der Waals surface area contributed by atoms with Crippen molar-refractivity contribution in [3.8, 4) is 0 Å². The quantitative estimate of drug-likeness (QED) is 0.821. The van der Waals surface area contributed by atoms with Gasteiger partial charge in [-0.05, 0) is 53.2 Å². The Kier molecular flexibility index (Phi) is 3.85. The number of aromatic nitrogens is 1. The average Bonchev–Trinajstić information content (AvgIpc) is 2.29. The predicted molar refractivity (Wildman–Crippen MR) is 71.9 cm³/mol. The maximum atomic E-state index is 4.53. The molecular weight excluding hydrogens is 264 g/mol. The zero-order valence-corrected chi connectivity index (χ0v) is 11.6. The molecule has 0 aliphatic carbocycles. The number of anilines is 1. The standard InChI is InChI=1S/C13H19BrN2/c1-3-11-4-6-16(7-5-11)13-12(14)8-10(2)9-15-13/h8-9,11H,3-7H2,1-2H3. The molecule has 2 nitrogen and oxygen atoms in total. The van der Waals surface area contributed by atoms with E-state index in [-0.39, 0.29) is 0 Å². The van der Waals surface area contributed by atoms with Crippen molar-refractivity contribution in [2.45, 2.75) is 33.1 Å². The minimum Gasteiger partial charge on any atom is -0.356 e. The number of piperidine rings is 1. The largest absolute Gasteiger partial charge is 0.356 e. The van der Waals surface area contributed by atoms with Crippen molar-refractivity contribution < 1.29 is 0 Å². The molecule has 2 rings (SSSR count). The SMILES string of the molecule is CCC1CCN(c2ncc(C)cc2Br)CC1. The summed E-state index contributed by atoms with van der Waals surface area (Å²) in [4.78, 5) is 6.93. The molecule has 1 fully saturated rings. The Bertz CT molecular complexity index is 357. The number of nitrogens with zero attached hydrogens (tertiary/aromatic N) is 2. The second-order valence-electron chi connectivity index (χ2n) is 4.66. The fraction of sp³-hybridized carbons (Fsp3) is 0.615. The van der Waals surface area contributed by atoms with Crippen LogP contribution in [0.3, 0.4) is 0 Å². The molecule has 1 aromatic heterocycles. The number of hydrogen-bond acceptors (Lipinski definition) is 2. The molecule has 0 bridgehead atoms. The van der Waals surface area contributed by atoms with Crippen LogP contribution in [0.2, 0.25) is 0 Å². The number of aryl methyl sites for hydroxylation is 1. The minimum absolute atomic E-state index is 0.917. The Morgan fingerprint density at radius 1 is 1.44 bits per heavy atom. The van der Waals surface area contributed by atoms with Crippen LogP contribution >= 0.6 is 15.9 Å². The van der Waals surface area contributed by atoms with Crippen molar-refractivity contribution in [2.75, 3.05) is 18.0 Å². The maximum absolute atomic E-state index is 4.53. The van der Waals surface area contributed by atoms with Crippen molar-refractivity contribution in [1.82, 2.24) is 4.98 Å². The molecule has 0 radical (unpaired) electrons. The van der Waals surface area contributed by atoms with E-state index in [2.05, 4.69) is 45.7 Å². The van der Waals surface area contributed by atoms with E-state index < -0.39 is 0 Å². The van der Waals surface area contributed by atoms with Gasteiger partial charge in [-0.2, -0.15) is 0 Å². The Morgan fingerprint density at radius 2 is 2.12 bits per heavy atom. The summed E-state index contributed by atoms with van der Waals surface area (Å²) in [5.74, 6) is 2.03. The molecule has 1 aliphatic rings. The molecule has 0 aromatic carbocycles. The summed E-state index contributed by atoms with van der Waals surface area (Å²) in [5, 5.41) is 0. The van der Waals surface area contributed by atoms with Gasteiger partial charge in [0.15, 0.2) is 0 Å². The van der Waals surface area contributed by atoms with Crippen molar-refractivity contribution in [2.24, 2.45) is 5.92 Å². The van der Waals surface area contributed by atoms with Crippen molar-refractivity contribution in [3.05, 3.63) is 22.3 Å². The molecular formula is C13H19BrN2. The first-order valence-electron chi connectivity index (χ1n) is 6.07. The monoisotopic (exact) mass is 282 g/mol. The molecule has 1 aliphatic heterocycles. The van der Waals surface area contributed by atoms with E-state index in [9.17, 15) is 0 Å². The van der Waals surface area contributed by atoms with Gasteiger partial charge in [0, 0.05) is 19.3 Å². The van der Waals surface area contributed by atoms with E-state index in [4.69, 9.17) is 0 Å². The third kappa shape index (κ3) is 2.57. The first-order valence-corrected chi connectivity index (χ1v) is 6.87. The Hall–Kier alpha value is -0.570. The highest BCUT2D eigenvalue weighted by Gasteiger charge is 2.20. The normalized spacial score (nSPS) is 17.8. The fourth-order valence-electron chi connectivity index (χ4n) is 2.31. The summed E-state index contributed by atoms with van der Waals surface area (Å²) >= 11 is 3.61. The average molecular weight is 283 g/mol. The Morgan fingerprint density at radius 3 is 2.69 bits per heavy atom. The highest BCUT2D eigenvalue weighted by molar-refractivity contribution is 9.10. The van der Waals surface area contributed by atoms with E-state index in [1.807, 2.05) is 6.20 Å². The minimum atomic E-state index is 0.917. The van der Waals surface area contributed by atoms with Gasteiger partial charge in [0.1, 0.15) is 5.82 Å². The topological polar surface area (TPSA) is 16.1 Å². The van der Waals surface area contributed by atoms with Gasteiger partial charge in [-0.3, -0.25) is 0 Å². The third-order valence-electron chi connectivity index (χ3n) is 3.45. The zero-order valence-electron chi connectivity index (χ0n) is 10.0. The fourth-order valence-corrected chi connectivity index (χ4v) is 3.03. The van der Waals surface area contributed by atoms with Crippen molar-refractivity contribution in [3.63, 3.8) is 0 Å². The van der Waals surface area contributed by atoms with Gasteiger partial charge in [-0.25, -0.2) is 4.98 Å². The van der Waals surface area contributed by atoms with Gasteiger partial charge in [0.25, 0.3) is 0 Å². The van der Waals surface area contributed by atoms with E-state index in [1.54, 1.807) is 0 Å². The van der Waals surface area contributed by atoms with Gasteiger partial charge in [-0.15, -0.1) is 0 Å². The lowest BCUT2D eigenvalue weighted by Crippen LogP contribution is -2.34. The first-order chi connectivity index (χ1) is 7.70. The molecule has 16 heavy (non-hydrogen) atoms. The molecule has 1 aromatic rings. The molecule has 3 heteroatoms. The molecule has 0 unspecified atom stereocenters. The molecule has 88 valence electrons. The summed E-state index contributed by atoms with van der Waals surface area (Å²) in [6.07, 6.45) is 5.87. The Balaban J connectivity index is 2.08. The molecule has 1 saturated heterocycles. The van der Waals surface area contributed by atoms with Crippen LogP contribution in [-0.4, -0.2) is 18.1 Å². The smallest absolute Gasteiger partial charge is 0.142 e. The highest BCUT2D eigenvalue weighted by Crippen LogP contribution is 2.29. The summed E-state index contributed by atoms with van der Waals surface area (Å²) < 4.78 is 1.13. The second-order valence-corrected chi connectivity index (χ2v) is 5.51. The van der Waals surface area contributed by atoms with Crippen LogP contribution in [0, 0.1) is 12.8 Å². The number of hydrogen-bond donors (Lipinski definition) is 0. The molecule has 0 atom stereocenters. The van der Waals surface area contributed by atoms with E-state index >= 15 is 0 Å². The van der Waals surface area contributed by atoms with E-state index in [0.29, 0.717) is 0 Å². The van der Waals surface area contributed by atoms with Crippen molar-refractivity contribution >= 4 is 21.7 Å². The molecule has 0 amide bonds. The predicted octanol–water partition coefficient (Wildman–Crippen LogP) is 3.78. The molecule has 0 spiro atoms. The van der Waals surface area contributed by atoms with E-state index in [0.717, 1.165) is 29.3 Å². The molecule has 0 N–H and O–H groups in total. The lowest BCUT2D eigenvalue weighted by molar-refractivity contribution is 0.393. The van der Waals surface area contributed by atoms with Crippen molar-refractivity contribution in [1.29, 1.82) is 0 Å². The number of rotatable bonds is 2. The van der Waals surface area contributed by atoms with Crippen LogP contribution in [0.15, 0.2) is 16.7 Å². The number of pyridine rings is 1. The van der Waals surface area contributed by atoms with Gasteiger partial charge >= 0.3 is 0 Å². The highest BCUT2D eigenvalue weighted by atomic mass is 79.9. The summed E-state index contributed by atoms with van der Waals surface area (Å²) in [6, 6.07) is 2.15. The van der Waals surface area contributed by atoms with Crippen LogP contribution < -0.4 is 4.90 Å². The summed E-state index contributed by atoms with van der Waals surface area (Å²) in [5.41, 5.74) is 1.21. The van der Waals surface area contributed by atoms with Crippen LogP contribution in [0.1, 0.15) is 31.7 Å². The van der Waals surface area contributed by atoms with Crippen LogP contribution in [-0.2, 0) is 0 Å². The summed E-state index contributed by atoms with van der Waals surface area (Å²) in [6.45, 7) is 6.66. The lowest BCUT2D eigenvalue weighted by Gasteiger charge is -2.32. The van der Waals surface area contributed by atoms with Crippen LogP contribution in [0.25, 0.3) is 0 Å². The zero-order chi connectivity index (χ0) is 11.5. The lowest BCUT2D eigenvalue weighted by atomic mass is 9.94. The molecule has 2 heterocycles. The van der Waals surface area contributed by atoms with Crippen LogP contribution in [0.4, 0.5) is 5.82 Å². The Labute approximate surface area is 106 Å². The molecule has 0 saturated carbocycles.